The number of aromatic hydroxyl groups is 1. The fraction of sp³-hybridized carbons (Fsp3) is 0.435. The van der Waals surface area contributed by atoms with Crippen molar-refractivity contribution in [2.24, 2.45) is 22.9 Å². The molecule has 0 aromatic heterocycles. The van der Waals surface area contributed by atoms with Crippen LogP contribution in [-0.2, 0) is 40.0 Å². The van der Waals surface area contributed by atoms with E-state index in [0.29, 0.717) is 5.56 Å². The number of nitrogens with one attached hydrogen (secondary N) is 3. The lowest BCUT2D eigenvalue weighted by atomic mass is 10.0. The zero-order valence-electron chi connectivity index (χ0n) is 20.9. The highest BCUT2D eigenvalue weighted by molar-refractivity contribution is 5.96. The number of primary amides is 3. The summed E-state index contributed by atoms with van der Waals surface area (Å²) in [5, 5.41) is 25.4. The zero-order chi connectivity index (χ0) is 29.7. The van der Waals surface area contributed by atoms with Crippen LogP contribution in [0.25, 0.3) is 0 Å². The first-order valence-corrected chi connectivity index (χ1v) is 11.7. The van der Waals surface area contributed by atoms with Crippen molar-refractivity contribution in [2.75, 3.05) is 0 Å². The van der Waals surface area contributed by atoms with Crippen LogP contribution in [0, 0.1) is 0 Å². The standard InChI is InChI=1S/C23H33N7O9/c24-13(9-11-1-3-12(31)4-2-11)20(35)30-16(10-19(27)34)22(37)28-14(5-7-17(25)32)21(36)29-15(23(38)39)6-8-18(26)33/h1-4,13-16,31H,5-10,24H2,(H2,25,32)(H2,26,33)(H2,27,34)(H,28,37)(H,29,36)(H,30,35)(H,38,39). The van der Waals surface area contributed by atoms with Gasteiger partial charge in [0.05, 0.1) is 12.5 Å². The van der Waals surface area contributed by atoms with Gasteiger partial charge in [-0.15, -0.1) is 0 Å². The SMILES string of the molecule is NC(=O)CCC(NC(=O)C(CCC(N)=O)NC(=O)C(CC(N)=O)NC(=O)C(N)Cc1ccc(O)cc1)C(=O)O. The van der Waals surface area contributed by atoms with E-state index in [0.717, 1.165) is 0 Å². The molecule has 0 saturated carbocycles. The second kappa shape index (κ2) is 15.5. The van der Waals surface area contributed by atoms with Crippen molar-refractivity contribution in [2.45, 2.75) is 62.7 Å². The maximum atomic E-state index is 13.0. The molecule has 0 bridgehead atoms. The molecule has 39 heavy (non-hydrogen) atoms. The van der Waals surface area contributed by atoms with Gasteiger partial charge in [0, 0.05) is 12.8 Å². The van der Waals surface area contributed by atoms with Crippen LogP contribution >= 0.6 is 0 Å². The summed E-state index contributed by atoms with van der Waals surface area (Å²) in [5.41, 5.74) is 21.8. The highest BCUT2D eigenvalue weighted by Gasteiger charge is 2.31. The normalized spacial score (nSPS) is 13.7. The minimum atomic E-state index is -1.57. The van der Waals surface area contributed by atoms with Crippen molar-refractivity contribution in [3.05, 3.63) is 29.8 Å². The predicted octanol–water partition coefficient (Wildman–Crippen LogP) is -3.79. The van der Waals surface area contributed by atoms with Crippen LogP contribution in [0.5, 0.6) is 5.75 Å². The third-order valence-corrected chi connectivity index (χ3v) is 5.37. The average Bonchev–Trinajstić information content (AvgIpc) is 2.84. The summed E-state index contributed by atoms with van der Waals surface area (Å²) in [7, 11) is 0. The first-order chi connectivity index (χ1) is 18.2. The summed E-state index contributed by atoms with van der Waals surface area (Å²) < 4.78 is 0. The molecule has 0 saturated heterocycles. The number of rotatable bonds is 17. The van der Waals surface area contributed by atoms with Crippen LogP contribution in [0.3, 0.4) is 0 Å². The number of aliphatic carboxylic acids is 1. The molecule has 1 rings (SSSR count). The van der Waals surface area contributed by atoms with E-state index >= 15 is 0 Å². The second-order valence-corrected chi connectivity index (χ2v) is 8.68. The summed E-state index contributed by atoms with van der Waals surface area (Å²) in [5.74, 6) is -6.99. The quantitative estimate of drug-likeness (QED) is 0.0909. The largest absolute Gasteiger partial charge is 0.508 e. The highest BCUT2D eigenvalue weighted by atomic mass is 16.4. The molecule has 214 valence electrons. The Kier molecular flexibility index (Phi) is 12.8. The molecule has 0 aliphatic rings. The smallest absolute Gasteiger partial charge is 0.326 e. The number of phenols is 1. The van der Waals surface area contributed by atoms with E-state index in [1.165, 1.54) is 24.3 Å². The summed E-state index contributed by atoms with van der Waals surface area (Å²) in [6.45, 7) is 0. The molecule has 0 fully saturated rings. The Morgan fingerprint density at radius 2 is 1.15 bits per heavy atom. The molecule has 0 aliphatic carbocycles. The Morgan fingerprint density at radius 3 is 1.64 bits per heavy atom. The van der Waals surface area contributed by atoms with Gasteiger partial charge in [-0.2, -0.15) is 0 Å². The van der Waals surface area contributed by atoms with Gasteiger partial charge in [0.1, 0.15) is 23.9 Å². The van der Waals surface area contributed by atoms with Gasteiger partial charge in [-0.1, -0.05) is 12.1 Å². The van der Waals surface area contributed by atoms with Crippen LogP contribution in [0.1, 0.15) is 37.7 Å². The minimum absolute atomic E-state index is 0.00689. The van der Waals surface area contributed by atoms with Crippen LogP contribution in [0.15, 0.2) is 24.3 Å². The van der Waals surface area contributed by atoms with E-state index in [4.69, 9.17) is 22.9 Å². The molecule has 16 nitrogen and oxygen atoms in total. The van der Waals surface area contributed by atoms with Gasteiger partial charge in [0.25, 0.3) is 0 Å². The number of carbonyl (C=O) groups excluding carboxylic acids is 6. The molecule has 6 amide bonds. The molecule has 0 spiro atoms. The number of hydrogen-bond acceptors (Lipinski definition) is 9. The first-order valence-electron chi connectivity index (χ1n) is 11.7. The molecule has 0 heterocycles. The van der Waals surface area contributed by atoms with Gasteiger partial charge >= 0.3 is 5.97 Å². The third kappa shape index (κ3) is 12.4. The van der Waals surface area contributed by atoms with Crippen LogP contribution in [-0.4, -0.2) is 75.8 Å². The molecule has 16 heteroatoms. The van der Waals surface area contributed by atoms with Gasteiger partial charge in [-0.25, -0.2) is 4.79 Å². The zero-order valence-corrected chi connectivity index (χ0v) is 20.9. The van der Waals surface area contributed by atoms with Crippen molar-refractivity contribution in [1.82, 2.24) is 16.0 Å². The Labute approximate surface area is 222 Å². The fourth-order valence-corrected chi connectivity index (χ4v) is 3.31. The number of carboxylic acid groups (broad SMARTS) is 1. The number of carbonyl (C=O) groups is 7. The topological polar surface area (TPSA) is 300 Å². The van der Waals surface area contributed by atoms with Gasteiger partial charge in [-0.05, 0) is 37.0 Å². The monoisotopic (exact) mass is 551 g/mol. The molecular weight excluding hydrogens is 518 g/mol. The first kappa shape index (κ1) is 32.3. The van der Waals surface area contributed by atoms with E-state index in [1.807, 2.05) is 0 Å². The van der Waals surface area contributed by atoms with Crippen molar-refractivity contribution >= 4 is 41.4 Å². The Morgan fingerprint density at radius 1 is 0.692 bits per heavy atom. The van der Waals surface area contributed by atoms with Gasteiger partial charge in [-0.3, -0.25) is 28.8 Å². The maximum Gasteiger partial charge on any atom is 0.326 e. The molecule has 1 aromatic rings. The van der Waals surface area contributed by atoms with E-state index in [9.17, 15) is 43.8 Å². The molecule has 0 radical (unpaired) electrons. The lowest BCUT2D eigenvalue weighted by Crippen LogP contribution is -2.58. The van der Waals surface area contributed by atoms with Gasteiger partial charge in [0.15, 0.2) is 0 Å². The van der Waals surface area contributed by atoms with E-state index in [2.05, 4.69) is 16.0 Å². The molecular formula is C23H33N7O9. The second-order valence-electron chi connectivity index (χ2n) is 8.68. The van der Waals surface area contributed by atoms with Gasteiger partial charge in [0.2, 0.25) is 35.4 Å². The lowest BCUT2D eigenvalue weighted by molar-refractivity contribution is -0.143. The Hall–Kier alpha value is -4.73. The molecule has 4 atom stereocenters. The number of nitrogens with two attached hydrogens (primary N) is 4. The van der Waals surface area contributed by atoms with Crippen molar-refractivity contribution < 1.29 is 43.8 Å². The van der Waals surface area contributed by atoms with Crippen molar-refractivity contribution in [3.63, 3.8) is 0 Å². The number of phenolic OH excluding ortho intramolecular Hbond substituents is 1. The molecule has 13 N–H and O–H groups in total. The van der Waals surface area contributed by atoms with Crippen LogP contribution in [0.2, 0.25) is 0 Å². The summed E-state index contributed by atoms with van der Waals surface area (Å²) in [6.07, 6.45) is -2.10. The third-order valence-electron chi connectivity index (χ3n) is 5.37. The summed E-state index contributed by atoms with van der Waals surface area (Å²) in [4.78, 5) is 83.7. The van der Waals surface area contributed by atoms with Crippen molar-refractivity contribution in [1.29, 1.82) is 0 Å². The number of carboxylic acids is 1. The lowest BCUT2D eigenvalue weighted by Gasteiger charge is -2.24. The number of hydrogen-bond donors (Lipinski definition) is 9. The summed E-state index contributed by atoms with van der Waals surface area (Å²) >= 11 is 0. The molecule has 1 aromatic carbocycles. The maximum absolute atomic E-state index is 13.0. The van der Waals surface area contributed by atoms with Crippen molar-refractivity contribution in [3.8, 4) is 5.75 Å². The van der Waals surface area contributed by atoms with Crippen LogP contribution < -0.4 is 38.9 Å². The molecule has 4 unspecified atom stereocenters. The minimum Gasteiger partial charge on any atom is -0.508 e. The van der Waals surface area contributed by atoms with Crippen LogP contribution in [0.4, 0.5) is 0 Å². The Bertz CT molecular complexity index is 1080. The fourth-order valence-electron chi connectivity index (χ4n) is 3.31. The average molecular weight is 552 g/mol. The molecule has 0 aliphatic heterocycles. The Balaban J connectivity index is 3.01. The predicted molar refractivity (Wildman–Crippen MR) is 134 cm³/mol. The summed E-state index contributed by atoms with van der Waals surface area (Å²) in [6, 6.07) is 0.0447. The van der Waals surface area contributed by atoms with E-state index < -0.39 is 72.0 Å². The van der Waals surface area contributed by atoms with Gasteiger partial charge < -0.3 is 49.1 Å². The number of amides is 6. The van der Waals surface area contributed by atoms with E-state index in [-0.39, 0.29) is 37.9 Å². The highest BCUT2D eigenvalue weighted by Crippen LogP contribution is 2.11. The number of benzene rings is 1. The van der Waals surface area contributed by atoms with E-state index in [1.54, 1.807) is 0 Å².